The molecular weight excluding hydrogens is 294 g/mol. The van der Waals surface area contributed by atoms with Gasteiger partial charge in [0.25, 0.3) is 0 Å². The molecule has 60 valence electrons. The Morgan fingerprint density at radius 1 is 1.64 bits per heavy atom. The van der Waals surface area contributed by atoms with Gasteiger partial charge in [0.05, 0.1) is 13.3 Å². The summed E-state index contributed by atoms with van der Waals surface area (Å²) in [6.07, 6.45) is 0. The number of amides is 1. The number of carbonyl (C=O) groups is 1. The maximum absolute atomic E-state index is 10.6. The van der Waals surface area contributed by atoms with Crippen LogP contribution in [0.4, 0.5) is 5.69 Å². The number of carbonyl (C=O) groups excluding carboxylic acids is 1. The topological polar surface area (TPSA) is 29.1 Å². The predicted octanol–water partition coefficient (Wildman–Crippen LogP) is 3.23. The molecule has 0 aliphatic heterocycles. The van der Waals surface area contributed by atoms with Crippen molar-refractivity contribution in [2.24, 2.45) is 0 Å². The summed E-state index contributed by atoms with van der Waals surface area (Å²) in [6.45, 7) is 1.48. The van der Waals surface area contributed by atoms with Crippen molar-refractivity contribution in [1.82, 2.24) is 0 Å². The number of halogens is 2. The van der Waals surface area contributed by atoms with E-state index in [0.29, 0.717) is 0 Å². The molecule has 1 aromatic heterocycles. The van der Waals surface area contributed by atoms with E-state index >= 15 is 0 Å². The SMILES string of the molecule is CC(=O)Nc1cc(Br)sc1Br. The first kappa shape index (κ1) is 9.22. The van der Waals surface area contributed by atoms with Crippen LogP contribution in [0.2, 0.25) is 0 Å². The molecule has 0 bridgehead atoms. The van der Waals surface area contributed by atoms with Gasteiger partial charge in [-0.15, -0.1) is 11.3 Å². The molecule has 11 heavy (non-hydrogen) atoms. The molecule has 0 radical (unpaired) electrons. The highest BCUT2D eigenvalue weighted by Gasteiger charge is 2.05. The lowest BCUT2D eigenvalue weighted by Crippen LogP contribution is -2.04. The third kappa shape index (κ3) is 2.57. The zero-order valence-corrected chi connectivity index (χ0v) is 9.64. The fraction of sp³-hybridized carbons (Fsp3) is 0.167. The van der Waals surface area contributed by atoms with Gasteiger partial charge in [0.2, 0.25) is 5.91 Å². The fourth-order valence-corrected chi connectivity index (χ4v) is 3.29. The standard InChI is InChI=1S/C6H5Br2NOS/c1-3(10)9-4-2-5(7)11-6(4)8/h2H,1H3,(H,9,10). The lowest BCUT2D eigenvalue weighted by atomic mass is 10.5. The molecule has 1 heterocycles. The van der Waals surface area contributed by atoms with Crippen LogP contribution in [0.1, 0.15) is 6.92 Å². The molecule has 0 aliphatic carbocycles. The number of hydrogen-bond acceptors (Lipinski definition) is 2. The van der Waals surface area contributed by atoms with Gasteiger partial charge in [0.15, 0.2) is 0 Å². The number of rotatable bonds is 1. The second-order valence-electron chi connectivity index (χ2n) is 1.92. The number of thiophene rings is 1. The van der Waals surface area contributed by atoms with Gasteiger partial charge >= 0.3 is 0 Å². The summed E-state index contributed by atoms with van der Waals surface area (Å²) in [4.78, 5) is 10.6. The number of nitrogens with one attached hydrogen (secondary N) is 1. The summed E-state index contributed by atoms with van der Waals surface area (Å²) >= 11 is 8.16. The number of hydrogen-bond donors (Lipinski definition) is 1. The van der Waals surface area contributed by atoms with E-state index in [9.17, 15) is 4.79 Å². The van der Waals surface area contributed by atoms with E-state index in [4.69, 9.17) is 0 Å². The van der Waals surface area contributed by atoms with E-state index < -0.39 is 0 Å². The van der Waals surface area contributed by atoms with E-state index in [2.05, 4.69) is 37.2 Å². The summed E-state index contributed by atoms with van der Waals surface area (Å²) in [6, 6.07) is 1.86. The smallest absolute Gasteiger partial charge is 0.221 e. The van der Waals surface area contributed by atoms with Crippen LogP contribution >= 0.6 is 43.2 Å². The van der Waals surface area contributed by atoms with Gasteiger partial charge in [0, 0.05) is 6.92 Å². The number of anilines is 1. The molecule has 0 atom stereocenters. The molecule has 1 aromatic rings. The van der Waals surface area contributed by atoms with Crippen LogP contribution in [0, 0.1) is 0 Å². The van der Waals surface area contributed by atoms with Crippen molar-refractivity contribution in [2.75, 3.05) is 5.32 Å². The average molecular weight is 299 g/mol. The summed E-state index contributed by atoms with van der Waals surface area (Å²) in [5.74, 6) is -0.0593. The molecule has 0 aromatic carbocycles. The van der Waals surface area contributed by atoms with Crippen LogP contribution < -0.4 is 5.32 Å². The zero-order chi connectivity index (χ0) is 8.43. The maximum atomic E-state index is 10.6. The lowest BCUT2D eigenvalue weighted by molar-refractivity contribution is -0.114. The highest BCUT2D eigenvalue weighted by atomic mass is 79.9. The second kappa shape index (κ2) is 3.69. The third-order valence-corrected chi connectivity index (χ3v) is 3.31. The van der Waals surface area contributed by atoms with Crippen molar-refractivity contribution < 1.29 is 4.79 Å². The van der Waals surface area contributed by atoms with Crippen LogP contribution in [0.3, 0.4) is 0 Å². The van der Waals surface area contributed by atoms with Crippen LogP contribution in [0.15, 0.2) is 13.6 Å². The van der Waals surface area contributed by atoms with Gasteiger partial charge in [-0.3, -0.25) is 4.79 Å². The van der Waals surface area contributed by atoms with Crippen LogP contribution in [-0.4, -0.2) is 5.91 Å². The van der Waals surface area contributed by atoms with E-state index in [-0.39, 0.29) is 5.91 Å². The first-order valence-corrected chi connectivity index (χ1v) is 5.22. The third-order valence-electron chi connectivity index (χ3n) is 0.967. The quantitative estimate of drug-likeness (QED) is 0.847. The Hall–Kier alpha value is 0.130. The first-order valence-electron chi connectivity index (χ1n) is 2.82. The van der Waals surface area contributed by atoms with E-state index in [1.54, 1.807) is 0 Å². The molecule has 0 aliphatic rings. The van der Waals surface area contributed by atoms with Crippen molar-refractivity contribution >= 4 is 54.8 Å². The van der Waals surface area contributed by atoms with Crippen molar-refractivity contribution in [3.63, 3.8) is 0 Å². The largest absolute Gasteiger partial charge is 0.325 e. The summed E-state index contributed by atoms with van der Waals surface area (Å²) in [5, 5.41) is 2.69. The fourth-order valence-electron chi connectivity index (χ4n) is 0.615. The Balaban J connectivity index is 2.85. The maximum Gasteiger partial charge on any atom is 0.221 e. The summed E-state index contributed by atoms with van der Waals surface area (Å²) in [7, 11) is 0. The van der Waals surface area contributed by atoms with Gasteiger partial charge in [-0.25, -0.2) is 0 Å². The van der Waals surface area contributed by atoms with Gasteiger partial charge in [0.1, 0.15) is 0 Å². The van der Waals surface area contributed by atoms with Crippen LogP contribution in [0.5, 0.6) is 0 Å². The Bertz CT molecular complexity index is 284. The Labute approximate surface area is 85.2 Å². The minimum atomic E-state index is -0.0593. The van der Waals surface area contributed by atoms with E-state index in [1.165, 1.54) is 18.3 Å². The normalized spacial score (nSPS) is 9.73. The van der Waals surface area contributed by atoms with Crippen molar-refractivity contribution in [3.8, 4) is 0 Å². The molecule has 0 fully saturated rings. The molecule has 5 heteroatoms. The first-order chi connectivity index (χ1) is 5.09. The van der Waals surface area contributed by atoms with Crippen LogP contribution in [0.25, 0.3) is 0 Å². The van der Waals surface area contributed by atoms with Gasteiger partial charge in [-0.2, -0.15) is 0 Å². The Kier molecular flexibility index (Phi) is 3.09. The highest BCUT2D eigenvalue weighted by molar-refractivity contribution is 9.12. The van der Waals surface area contributed by atoms with E-state index in [1.807, 2.05) is 6.07 Å². The van der Waals surface area contributed by atoms with Gasteiger partial charge in [-0.05, 0) is 37.9 Å². The molecule has 0 unspecified atom stereocenters. The van der Waals surface area contributed by atoms with Crippen molar-refractivity contribution in [2.45, 2.75) is 6.92 Å². The van der Waals surface area contributed by atoms with Gasteiger partial charge in [-0.1, -0.05) is 0 Å². The highest BCUT2D eigenvalue weighted by Crippen LogP contribution is 2.35. The average Bonchev–Trinajstić information content (AvgIpc) is 2.09. The lowest BCUT2D eigenvalue weighted by Gasteiger charge is -1.96. The van der Waals surface area contributed by atoms with Crippen molar-refractivity contribution in [3.05, 3.63) is 13.6 Å². The van der Waals surface area contributed by atoms with Crippen molar-refractivity contribution in [1.29, 1.82) is 0 Å². The molecule has 1 rings (SSSR count). The summed E-state index contributed by atoms with van der Waals surface area (Å²) < 4.78 is 1.92. The van der Waals surface area contributed by atoms with Gasteiger partial charge < -0.3 is 5.32 Å². The molecule has 0 saturated heterocycles. The Morgan fingerprint density at radius 2 is 2.27 bits per heavy atom. The molecular formula is C6H5Br2NOS. The van der Waals surface area contributed by atoms with Crippen LogP contribution in [-0.2, 0) is 4.79 Å². The molecule has 1 N–H and O–H groups in total. The minimum absolute atomic E-state index is 0.0593. The summed E-state index contributed by atoms with van der Waals surface area (Å²) in [5.41, 5.74) is 0.814. The molecule has 0 spiro atoms. The zero-order valence-electron chi connectivity index (χ0n) is 5.65. The molecule has 1 amide bonds. The monoisotopic (exact) mass is 297 g/mol. The molecule has 0 saturated carbocycles. The second-order valence-corrected chi connectivity index (χ2v) is 5.67. The predicted molar refractivity (Wildman–Crippen MR) is 54.0 cm³/mol. The van der Waals surface area contributed by atoms with E-state index in [0.717, 1.165) is 13.3 Å². The Morgan fingerprint density at radius 3 is 2.64 bits per heavy atom. The minimum Gasteiger partial charge on any atom is -0.325 e. The molecule has 2 nitrogen and oxygen atoms in total.